The Morgan fingerprint density at radius 1 is 0.431 bits per heavy atom. The number of benzene rings is 7. The Balaban J connectivity index is 1.01. The second-order valence-corrected chi connectivity index (χ2v) is 13.0. The maximum atomic E-state index is 13.9. The molecule has 0 fully saturated rings. The van der Waals surface area contributed by atoms with E-state index in [9.17, 15) is 29.7 Å². The standard InChI is InChI=1S/C46H37N5O7/c52-40-14-4-10-36(27-40)50(37-11-5-15-41(53)28-37)44(55)47-34-22-18-31(19-23-34)26-32-20-24-35(25-21-32)48-45(56)51(38-12-6-16-42(54)29-38)39-13-7-17-43(30-39)58-46(57)49-33-8-2-1-3-9-33/h1-25,27-30,52-54H,26H2,(H,47,55)(H,48,56)(H,49,57). The van der Waals surface area contributed by atoms with Crippen molar-refractivity contribution in [2.45, 2.75) is 6.42 Å². The molecule has 0 aliphatic carbocycles. The molecule has 7 rings (SSSR count). The first-order valence-corrected chi connectivity index (χ1v) is 18.1. The molecule has 7 aromatic carbocycles. The molecule has 0 unspecified atom stereocenters. The predicted molar refractivity (Wildman–Crippen MR) is 225 cm³/mol. The lowest BCUT2D eigenvalue weighted by Gasteiger charge is -2.24. The van der Waals surface area contributed by atoms with Crippen molar-refractivity contribution in [2.75, 3.05) is 25.8 Å². The molecule has 0 bridgehead atoms. The highest BCUT2D eigenvalue weighted by Gasteiger charge is 2.21. The van der Waals surface area contributed by atoms with Crippen LogP contribution in [0.15, 0.2) is 176 Å². The lowest BCUT2D eigenvalue weighted by molar-refractivity contribution is 0.215. The first kappa shape index (κ1) is 38.0. The number of aromatic hydroxyl groups is 3. The fraction of sp³-hybridized carbons (Fsp3) is 0.0217. The van der Waals surface area contributed by atoms with Gasteiger partial charge in [0.15, 0.2) is 0 Å². The Hall–Kier alpha value is -8.25. The van der Waals surface area contributed by atoms with E-state index in [-0.39, 0.29) is 23.0 Å². The second kappa shape index (κ2) is 17.5. The minimum Gasteiger partial charge on any atom is -0.508 e. The monoisotopic (exact) mass is 771 g/mol. The molecule has 0 aliphatic rings. The topological polar surface area (TPSA) is 164 Å². The Morgan fingerprint density at radius 2 is 0.828 bits per heavy atom. The zero-order chi connectivity index (χ0) is 40.4. The average Bonchev–Trinajstić information content (AvgIpc) is 3.20. The molecule has 5 amide bonds. The van der Waals surface area contributed by atoms with Crippen molar-refractivity contribution < 1.29 is 34.4 Å². The number of nitrogens with zero attached hydrogens (tertiary/aromatic N) is 2. The third-order valence-corrected chi connectivity index (χ3v) is 8.80. The molecule has 12 heteroatoms. The number of hydrogen-bond donors (Lipinski definition) is 6. The van der Waals surface area contributed by atoms with Crippen LogP contribution in [-0.2, 0) is 6.42 Å². The van der Waals surface area contributed by atoms with Crippen molar-refractivity contribution in [3.8, 4) is 23.0 Å². The van der Waals surface area contributed by atoms with Crippen molar-refractivity contribution in [1.82, 2.24) is 0 Å². The van der Waals surface area contributed by atoms with E-state index in [4.69, 9.17) is 4.74 Å². The fourth-order valence-corrected chi connectivity index (χ4v) is 6.13. The van der Waals surface area contributed by atoms with Gasteiger partial charge in [0, 0.05) is 41.3 Å². The van der Waals surface area contributed by atoms with Crippen LogP contribution >= 0.6 is 0 Å². The maximum absolute atomic E-state index is 13.9. The average molecular weight is 772 g/mol. The van der Waals surface area contributed by atoms with Crippen molar-refractivity contribution in [3.05, 3.63) is 187 Å². The van der Waals surface area contributed by atoms with Crippen LogP contribution in [0.2, 0.25) is 0 Å². The summed E-state index contributed by atoms with van der Waals surface area (Å²) in [6, 6.07) is 47.9. The normalized spacial score (nSPS) is 10.6. The number of carbonyl (C=O) groups is 3. The number of amides is 5. The molecule has 0 saturated carbocycles. The smallest absolute Gasteiger partial charge is 0.417 e. The molecule has 0 saturated heterocycles. The van der Waals surface area contributed by atoms with Gasteiger partial charge in [-0.1, -0.05) is 66.7 Å². The van der Waals surface area contributed by atoms with Gasteiger partial charge in [-0.05, 0) is 102 Å². The number of para-hydroxylation sites is 1. The summed E-state index contributed by atoms with van der Waals surface area (Å²) in [7, 11) is 0. The molecule has 288 valence electrons. The quantitative estimate of drug-likeness (QED) is 0.0806. The van der Waals surface area contributed by atoms with E-state index in [1.807, 2.05) is 30.3 Å². The molecule has 0 spiro atoms. The zero-order valence-electron chi connectivity index (χ0n) is 30.8. The molecular weight excluding hydrogens is 735 g/mol. The second-order valence-electron chi connectivity index (χ2n) is 13.0. The molecule has 0 atom stereocenters. The molecule has 0 radical (unpaired) electrons. The van der Waals surface area contributed by atoms with Crippen molar-refractivity contribution >= 4 is 58.0 Å². The zero-order valence-corrected chi connectivity index (χ0v) is 30.8. The summed E-state index contributed by atoms with van der Waals surface area (Å²) in [5, 5.41) is 38.9. The van der Waals surface area contributed by atoms with Gasteiger partial charge in [-0.2, -0.15) is 0 Å². The van der Waals surface area contributed by atoms with Crippen LogP contribution in [0.4, 0.5) is 54.2 Å². The summed E-state index contributed by atoms with van der Waals surface area (Å²) in [4.78, 5) is 42.7. The molecule has 0 heterocycles. The number of carbonyl (C=O) groups excluding carboxylic acids is 3. The van der Waals surface area contributed by atoms with Gasteiger partial charge in [0.25, 0.3) is 0 Å². The van der Waals surface area contributed by atoms with Crippen LogP contribution in [0.5, 0.6) is 23.0 Å². The Morgan fingerprint density at radius 3 is 1.26 bits per heavy atom. The number of nitrogens with one attached hydrogen (secondary N) is 3. The van der Waals surface area contributed by atoms with Crippen LogP contribution in [0, 0.1) is 0 Å². The van der Waals surface area contributed by atoms with E-state index < -0.39 is 18.2 Å². The highest BCUT2D eigenvalue weighted by atomic mass is 16.6. The van der Waals surface area contributed by atoms with Gasteiger partial charge in [-0.25, -0.2) is 14.4 Å². The summed E-state index contributed by atoms with van der Waals surface area (Å²) in [5.74, 6) is 0.149. The number of phenolic OH excluding ortho intramolecular Hbond substituents is 3. The van der Waals surface area contributed by atoms with Gasteiger partial charge in [0.05, 0.1) is 22.7 Å². The number of hydrogen-bond acceptors (Lipinski definition) is 7. The molecule has 0 aliphatic heterocycles. The molecule has 6 N–H and O–H groups in total. The molecular formula is C46H37N5O7. The largest absolute Gasteiger partial charge is 0.508 e. The van der Waals surface area contributed by atoms with Crippen LogP contribution in [-0.4, -0.2) is 33.5 Å². The Bertz CT molecular complexity index is 2500. The Labute approximate surface area is 333 Å². The molecule has 58 heavy (non-hydrogen) atoms. The number of rotatable bonds is 10. The number of ether oxygens (including phenoxy) is 1. The molecule has 0 aromatic heterocycles. The summed E-state index contributed by atoms with van der Waals surface area (Å²) in [5.41, 5.74) is 5.17. The van der Waals surface area contributed by atoms with Crippen LogP contribution in [0.3, 0.4) is 0 Å². The van der Waals surface area contributed by atoms with Crippen LogP contribution < -0.4 is 30.5 Å². The SMILES string of the molecule is O=C(Nc1ccccc1)Oc1cccc(N(C(=O)Nc2ccc(Cc3ccc(NC(=O)N(c4cccc(O)c4)c4cccc(O)c4)cc3)cc2)c2cccc(O)c2)c1. The highest BCUT2D eigenvalue weighted by molar-refractivity contribution is 6.08. The summed E-state index contributed by atoms with van der Waals surface area (Å²) in [6.45, 7) is 0. The first-order valence-electron chi connectivity index (χ1n) is 18.1. The van der Waals surface area contributed by atoms with Gasteiger partial charge in [0.1, 0.15) is 23.0 Å². The maximum Gasteiger partial charge on any atom is 0.417 e. The van der Waals surface area contributed by atoms with Gasteiger partial charge < -0.3 is 30.7 Å². The third-order valence-electron chi connectivity index (χ3n) is 8.80. The van der Waals surface area contributed by atoms with E-state index in [1.165, 1.54) is 46.2 Å². The van der Waals surface area contributed by atoms with Crippen LogP contribution in [0.1, 0.15) is 11.1 Å². The molecule has 12 nitrogen and oxygen atoms in total. The van der Waals surface area contributed by atoms with Crippen molar-refractivity contribution in [1.29, 1.82) is 0 Å². The van der Waals surface area contributed by atoms with Crippen molar-refractivity contribution in [3.63, 3.8) is 0 Å². The van der Waals surface area contributed by atoms with E-state index in [0.717, 1.165) is 11.1 Å². The summed E-state index contributed by atoms with van der Waals surface area (Å²) >= 11 is 0. The van der Waals surface area contributed by atoms with Crippen molar-refractivity contribution in [2.24, 2.45) is 0 Å². The lowest BCUT2D eigenvalue weighted by atomic mass is 10.0. The summed E-state index contributed by atoms with van der Waals surface area (Å²) in [6.07, 6.45) is -0.125. The summed E-state index contributed by atoms with van der Waals surface area (Å²) < 4.78 is 5.51. The fourth-order valence-electron chi connectivity index (χ4n) is 6.13. The van der Waals surface area contributed by atoms with E-state index >= 15 is 0 Å². The van der Waals surface area contributed by atoms with E-state index in [2.05, 4.69) is 16.0 Å². The minimum absolute atomic E-state index is 0.00893. The molecule has 7 aromatic rings. The lowest BCUT2D eigenvalue weighted by Crippen LogP contribution is -2.30. The van der Waals surface area contributed by atoms with Gasteiger partial charge in [-0.15, -0.1) is 0 Å². The van der Waals surface area contributed by atoms with Gasteiger partial charge in [-0.3, -0.25) is 15.1 Å². The van der Waals surface area contributed by atoms with E-state index in [1.54, 1.807) is 109 Å². The highest BCUT2D eigenvalue weighted by Crippen LogP contribution is 2.33. The number of anilines is 7. The van der Waals surface area contributed by atoms with Gasteiger partial charge >= 0.3 is 18.2 Å². The van der Waals surface area contributed by atoms with Crippen LogP contribution in [0.25, 0.3) is 0 Å². The predicted octanol–water partition coefficient (Wildman–Crippen LogP) is 10.7. The minimum atomic E-state index is -0.696. The third kappa shape index (κ3) is 9.70. The Kier molecular flexibility index (Phi) is 11.5. The first-order chi connectivity index (χ1) is 28.2. The number of urea groups is 2. The van der Waals surface area contributed by atoms with Gasteiger partial charge in [0.2, 0.25) is 0 Å². The number of phenols is 3. The van der Waals surface area contributed by atoms with E-state index in [0.29, 0.717) is 46.2 Å².